The van der Waals surface area contributed by atoms with Crippen LogP contribution in [0.1, 0.15) is 26.7 Å². The largest absolute Gasteiger partial charge is 0.481 e. The molecular weight excluding hydrogens is 316 g/mol. The molecule has 0 aromatic carbocycles. The lowest BCUT2D eigenvalue weighted by atomic mass is 10.2. The summed E-state index contributed by atoms with van der Waals surface area (Å²) in [7, 11) is -3.49. The van der Waals surface area contributed by atoms with Crippen LogP contribution in [0.3, 0.4) is 0 Å². The molecule has 0 aliphatic carbocycles. The van der Waals surface area contributed by atoms with Crippen LogP contribution in [0.15, 0.2) is 0 Å². The van der Waals surface area contributed by atoms with Crippen LogP contribution in [0.25, 0.3) is 0 Å². The van der Waals surface area contributed by atoms with E-state index < -0.39 is 22.0 Å². The first kappa shape index (κ1) is 20.2. The van der Waals surface area contributed by atoms with Crippen molar-refractivity contribution in [3.63, 3.8) is 0 Å². The van der Waals surface area contributed by atoms with E-state index in [-0.39, 0.29) is 24.6 Å². The normalized spacial score (nSPS) is 12.9. The molecule has 2 N–H and O–H groups in total. The summed E-state index contributed by atoms with van der Waals surface area (Å²) < 4.78 is 25.7. The number of carboxylic acid groups (broad SMARTS) is 1. The first-order valence-electron chi connectivity index (χ1n) is 6.76. The molecular formula is C12H24N2O5S2. The van der Waals surface area contributed by atoms with Gasteiger partial charge in [-0.3, -0.25) is 9.59 Å². The minimum absolute atomic E-state index is 0.0777. The van der Waals surface area contributed by atoms with Gasteiger partial charge in [0.05, 0.1) is 12.2 Å². The molecule has 1 atom stereocenters. The van der Waals surface area contributed by atoms with Crippen molar-refractivity contribution >= 4 is 33.7 Å². The Balaban J connectivity index is 4.93. The summed E-state index contributed by atoms with van der Waals surface area (Å²) in [6, 6.07) is -0.837. The highest BCUT2D eigenvalue weighted by atomic mass is 32.2. The number of nitrogens with one attached hydrogen (secondary N) is 1. The van der Waals surface area contributed by atoms with Crippen LogP contribution >= 0.6 is 11.8 Å². The standard InChI is InChI=1S/C12H24N2O5S2/c1-4-14(8-6-11(15)16)12(17)10(7-9-20-3)13-21(18,19)5-2/h10,13H,4-9H2,1-3H3,(H,15,16). The van der Waals surface area contributed by atoms with Crippen LogP contribution in [0, 0.1) is 0 Å². The fraction of sp³-hybridized carbons (Fsp3) is 0.833. The molecule has 0 aliphatic rings. The summed E-state index contributed by atoms with van der Waals surface area (Å²) in [6.45, 7) is 3.66. The summed E-state index contributed by atoms with van der Waals surface area (Å²) in [5.74, 6) is -0.822. The molecule has 0 bridgehead atoms. The van der Waals surface area contributed by atoms with E-state index in [1.54, 1.807) is 6.92 Å². The van der Waals surface area contributed by atoms with Gasteiger partial charge in [0.1, 0.15) is 6.04 Å². The van der Waals surface area contributed by atoms with E-state index in [0.717, 1.165) is 0 Å². The number of nitrogens with zero attached hydrogens (tertiary/aromatic N) is 1. The van der Waals surface area contributed by atoms with Crippen molar-refractivity contribution < 1.29 is 23.1 Å². The maximum Gasteiger partial charge on any atom is 0.305 e. The molecule has 0 spiro atoms. The smallest absolute Gasteiger partial charge is 0.305 e. The van der Waals surface area contributed by atoms with E-state index in [0.29, 0.717) is 18.7 Å². The van der Waals surface area contributed by atoms with Gasteiger partial charge in [0.2, 0.25) is 15.9 Å². The van der Waals surface area contributed by atoms with Crippen molar-refractivity contribution in [2.45, 2.75) is 32.7 Å². The average molecular weight is 340 g/mol. The molecule has 1 amide bonds. The lowest BCUT2D eigenvalue weighted by Crippen LogP contribution is -2.49. The second-order valence-electron chi connectivity index (χ2n) is 4.42. The molecule has 0 aliphatic heterocycles. The quantitative estimate of drug-likeness (QED) is 0.563. The number of carbonyl (C=O) groups excluding carboxylic acids is 1. The fourth-order valence-corrected chi connectivity index (χ4v) is 2.93. The van der Waals surface area contributed by atoms with E-state index in [1.807, 2.05) is 6.26 Å². The third-order valence-electron chi connectivity index (χ3n) is 2.90. The highest BCUT2D eigenvalue weighted by Crippen LogP contribution is 2.07. The minimum atomic E-state index is -3.49. The zero-order chi connectivity index (χ0) is 16.5. The SMILES string of the molecule is CCN(CCC(=O)O)C(=O)C(CCSC)NS(=O)(=O)CC. The monoisotopic (exact) mass is 340 g/mol. The van der Waals surface area contributed by atoms with Crippen molar-refractivity contribution in [2.75, 3.05) is 30.9 Å². The molecule has 9 heteroatoms. The second-order valence-corrected chi connectivity index (χ2v) is 7.45. The van der Waals surface area contributed by atoms with Gasteiger partial charge in [0.15, 0.2) is 0 Å². The summed E-state index contributed by atoms with van der Waals surface area (Å²) in [5.41, 5.74) is 0. The predicted octanol–water partition coefficient (Wildman–Crippen LogP) is 0.371. The van der Waals surface area contributed by atoms with Gasteiger partial charge >= 0.3 is 5.97 Å². The van der Waals surface area contributed by atoms with Crippen molar-refractivity contribution in [1.29, 1.82) is 0 Å². The van der Waals surface area contributed by atoms with E-state index in [4.69, 9.17) is 5.11 Å². The Hall–Kier alpha value is -0.800. The average Bonchev–Trinajstić information content (AvgIpc) is 2.43. The van der Waals surface area contributed by atoms with Crippen molar-refractivity contribution in [2.24, 2.45) is 0 Å². The van der Waals surface area contributed by atoms with E-state index >= 15 is 0 Å². The number of thioether (sulfide) groups is 1. The van der Waals surface area contributed by atoms with Crippen LogP contribution in [0.2, 0.25) is 0 Å². The molecule has 0 radical (unpaired) electrons. The highest BCUT2D eigenvalue weighted by molar-refractivity contribution is 7.98. The highest BCUT2D eigenvalue weighted by Gasteiger charge is 2.27. The number of carbonyl (C=O) groups is 2. The summed E-state index contributed by atoms with van der Waals surface area (Å²) >= 11 is 1.52. The zero-order valence-corrected chi connectivity index (χ0v) is 14.3. The Kier molecular flexibility index (Phi) is 9.63. The number of aliphatic carboxylic acids is 1. The van der Waals surface area contributed by atoms with E-state index in [1.165, 1.54) is 23.6 Å². The summed E-state index contributed by atoms with van der Waals surface area (Å²) in [4.78, 5) is 24.4. The fourth-order valence-electron chi connectivity index (χ4n) is 1.64. The molecule has 0 saturated carbocycles. The van der Waals surface area contributed by atoms with Crippen LogP contribution in [-0.4, -0.2) is 67.2 Å². The lowest BCUT2D eigenvalue weighted by molar-refractivity contribution is -0.138. The van der Waals surface area contributed by atoms with Crippen molar-refractivity contribution in [1.82, 2.24) is 9.62 Å². The third kappa shape index (κ3) is 8.27. The molecule has 1 unspecified atom stereocenters. The number of sulfonamides is 1. The number of rotatable bonds is 11. The Bertz CT molecular complexity index is 439. The van der Waals surface area contributed by atoms with Crippen LogP contribution < -0.4 is 4.72 Å². The number of hydrogen-bond acceptors (Lipinski definition) is 5. The van der Waals surface area contributed by atoms with Gasteiger partial charge in [-0.25, -0.2) is 13.1 Å². The van der Waals surface area contributed by atoms with Crippen molar-refractivity contribution in [3.8, 4) is 0 Å². The first-order chi connectivity index (χ1) is 9.77. The van der Waals surface area contributed by atoms with E-state index in [9.17, 15) is 18.0 Å². The van der Waals surface area contributed by atoms with Gasteiger partial charge < -0.3 is 10.0 Å². The molecule has 0 saturated heterocycles. The predicted molar refractivity (Wildman–Crippen MR) is 83.9 cm³/mol. The first-order valence-corrected chi connectivity index (χ1v) is 9.81. The van der Waals surface area contributed by atoms with E-state index in [2.05, 4.69) is 4.72 Å². The molecule has 0 fully saturated rings. The molecule has 7 nitrogen and oxygen atoms in total. The molecule has 0 rings (SSSR count). The minimum Gasteiger partial charge on any atom is -0.481 e. The molecule has 21 heavy (non-hydrogen) atoms. The topological polar surface area (TPSA) is 104 Å². The summed E-state index contributed by atoms with van der Waals surface area (Å²) in [5, 5.41) is 8.69. The number of carboxylic acids is 1. The van der Waals surface area contributed by atoms with Gasteiger partial charge in [0.25, 0.3) is 0 Å². The Morgan fingerprint density at radius 2 is 1.95 bits per heavy atom. The lowest BCUT2D eigenvalue weighted by Gasteiger charge is -2.26. The zero-order valence-electron chi connectivity index (χ0n) is 12.7. The second kappa shape index (κ2) is 10.0. The number of hydrogen-bond donors (Lipinski definition) is 2. The Morgan fingerprint density at radius 3 is 2.38 bits per heavy atom. The van der Waals surface area contributed by atoms with Gasteiger partial charge in [-0.15, -0.1) is 0 Å². The van der Waals surface area contributed by atoms with Gasteiger partial charge in [-0.2, -0.15) is 11.8 Å². The number of amides is 1. The van der Waals surface area contributed by atoms with Gasteiger partial charge in [0, 0.05) is 13.1 Å². The molecule has 0 heterocycles. The van der Waals surface area contributed by atoms with Gasteiger partial charge in [-0.05, 0) is 32.3 Å². The summed E-state index contributed by atoms with van der Waals surface area (Å²) in [6.07, 6.45) is 2.09. The van der Waals surface area contributed by atoms with Crippen LogP contribution in [0.4, 0.5) is 0 Å². The molecule has 124 valence electrons. The van der Waals surface area contributed by atoms with Gasteiger partial charge in [-0.1, -0.05) is 0 Å². The van der Waals surface area contributed by atoms with Crippen molar-refractivity contribution in [3.05, 3.63) is 0 Å². The van der Waals surface area contributed by atoms with Crippen LogP contribution in [-0.2, 0) is 19.6 Å². The maximum absolute atomic E-state index is 12.4. The Labute approximate surface area is 130 Å². The van der Waals surface area contributed by atoms with Crippen LogP contribution in [0.5, 0.6) is 0 Å². The Morgan fingerprint density at radius 1 is 1.33 bits per heavy atom. The maximum atomic E-state index is 12.4. The number of likely N-dealkylation sites (N-methyl/N-ethyl adjacent to an activating group) is 1. The third-order valence-corrected chi connectivity index (χ3v) is 4.95. The molecule has 0 aromatic rings. The molecule has 0 aromatic heterocycles.